The lowest BCUT2D eigenvalue weighted by Crippen LogP contribution is -2.38. The number of nitrogens with two attached hydrogens (primary N) is 1. The fourth-order valence-electron chi connectivity index (χ4n) is 4.29. The van der Waals surface area contributed by atoms with Crippen LogP contribution in [0, 0.1) is 5.92 Å². The largest absolute Gasteiger partial charge is 0.354 e. The van der Waals surface area contributed by atoms with E-state index in [0.717, 1.165) is 55.9 Å². The molecule has 4 rings (SSSR count). The highest BCUT2D eigenvalue weighted by Gasteiger charge is 2.26. The SMILES string of the molecule is Cn1ccc(-c2nc(NC3CCC(NCCCN)CC3)ncc2Cl)c1CC1CC1. The Hall–Kier alpha value is -1.63. The van der Waals surface area contributed by atoms with Crippen LogP contribution < -0.4 is 16.4 Å². The molecular formula is C22H33ClN6. The second-order valence-corrected chi connectivity index (χ2v) is 9.02. The van der Waals surface area contributed by atoms with E-state index in [1.165, 1.54) is 31.4 Å². The fraction of sp³-hybridized carbons (Fsp3) is 0.636. The zero-order valence-electron chi connectivity index (χ0n) is 17.3. The number of nitrogens with one attached hydrogen (secondary N) is 2. The first-order valence-electron chi connectivity index (χ1n) is 11.0. The number of nitrogens with zero attached hydrogens (tertiary/aromatic N) is 3. The summed E-state index contributed by atoms with van der Waals surface area (Å²) in [6.07, 6.45) is 13.2. The van der Waals surface area contributed by atoms with Crippen molar-refractivity contribution in [3.63, 3.8) is 0 Å². The predicted molar refractivity (Wildman–Crippen MR) is 119 cm³/mol. The molecule has 158 valence electrons. The maximum atomic E-state index is 6.51. The molecule has 4 N–H and O–H groups in total. The third kappa shape index (κ3) is 5.30. The molecule has 0 spiro atoms. The van der Waals surface area contributed by atoms with Crippen LogP contribution in [0.3, 0.4) is 0 Å². The van der Waals surface area contributed by atoms with Gasteiger partial charge in [-0.25, -0.2) is 9.97 Å². The van der Waals surface area contributed by atoms with Crippen molar-refractivity contribution in [2.24, 2.45) is 18.7 Å². The molecule has 7 heteroatoms. The molecule has 2 saturated carbocycles. The first-order chi connectivity index (χ1) is 14.1. The van der Waals surface area contributed by atoms with Crippen LogP contribution in [0.1, 0.15) is 50.6 Å². The maximum absolute atomic E-state index is 6.51. The summed E-state index contributed by atoms with van der Waals surface area (Å²) in [6, 6.07) is 3.15. The van der Waals surface area contributed by atoms with Crippen molar-refractivity contribution in [1.29, 1.82) is 0 Å². The van der Waals surface area contributed by atoms with E-state index in [-0.39, 0.29) is 0 Å². The van der Waals surface area contributed by atoms with E-state index in [9.17, 15) is 0 Å². The van der Waals surface area contributed by atoms with Gasteiger partial charge in [-0.2, -0.15) is 0 Å². The number of hydrogen-bond donors (Lipinski definition) is 3. The molecule has 0 bridgehead atoms. The third-order valence-corrected chi connectivity index (χ3v) is 6.53. The van der Waals surface area contributed by atoms with Crippen LogP contribution >= 0.6 is 11.6 Å². The normalized spacial score (nSPS) is 22.0. The Balaban J connectivity index is 1.41. The highest BCUT2D eigenvalue weighted by molar-refractivity contribution is 6.33. The van der Waals surface area contributed by atoms with Gasteiger partial charge in [0.15, 0.2) is 0 Å². The van der Waals surface area contributed by atoms with Gasteiger partial charge in [0, 0.05) is 36.6 Å². The van der Waals surface area contributed by atoms with Gasteiger partial charge in [-0.15, -0.1) is 0 Å². The predicted octanol–water partition coefficient (Wildman–Crippen LogP) is 3.75. The molecule has 0 radical (unpaired) electrons. The van der Waals surface area contributed by atoms with Crippen LogP contribution in [-0.4, -0.2) is 39.7 Å². The molecule has 0 aromatic carbocycles. The molecule has 0 unspecified atom stereocenters. The summed E-state index contributed by atoms with van der Waals surface area (Å²) < 4.78 is 2.21. The quantitative estimate of drug-likeness (QED) is 0.542. The van der Waals surface area contributed by atoms with Crippen molar-refractivity contribution in [3.05, 3.63) is 29.2 Å². The molecule has 2 aliphatic rings. The Bertz CT molecular complexity index is 808. The van der Waals surface area contributed by atoms with E-state index in [2.05, 4.69) is 39.5 Å². The Morgan fingerprint density at radius 2 is 1.93 bits per heavy atom. The van der Waals surface area contributed by atoms with Crippen LogP contribution in [0.15, 0.2) is 18.5 Å². The van der Waals surface area contributed by atoms with Gasteiger partial charge in [0.2, 0.25) is 5.95 Å². The molecule has 2 heterocycles. The zero-order chi connectivity index (χ0) is 20.2. The number of halogens is 1. The Morgan fingerprint density at radius 3 is 2.66 bits per heavy atom. The minimum absolute atomic E-state index is 0.415. The van der Waals surface area contributed by atoms with Crippen molar-refractivity contribution in [1.82, 2.24) is 19.9 Å². The first kappa shape index (κ1) is 20.6. The molecule has 0 aliphatic heterocycles. The van der Waals surface area contributed by atoms with Crippen LogP contribution in [0.2, 0.25) is 5.02 Å². The number of hydrogen-bond acceptors (Lipinski definition) is 5. The van der Waals surface area contributed by atoms with E-state index in [0.29, 0.717) is 23.1 Å². The van der Waals surface area contributed by atoms with Crippen molar-refractivity contribution in [2.45, 2.75) is 63.5 Å². The lowest BCUT2D eigenvalue weighted by Gasteiger charge is -2.29. The topological polar surface area (TPSA) is 80.8 Å². The van der Waals surface area contributed by atoms with Gasteiger partial charge in [-0.1, -0.05) is 11.6 Å². The zero-order valence-corrected chi connectivity index (χ0v) is 18.1. The van der Waals surface area contributed by atoms with Crippen molar-refractivity contribution < 1.29 is 0 Å². The van der Waals surface area contributed by atoms with Gasteiger partial charge < -0.3 is 20.9 Å². The van der Waals surface area contributed by atoms with Gasteiger partial charge >= 0.3 is 0 Å². The monoisotopic (exact) mass is 416 g/mol. The molecule has 2 aromatic heterocycles. The molecule has 0 saturated heterocycles. The van der Waals surface area contributed by atoms with Crippen LogP contribution in [0.25, 0.3) is 11.3 Å². The van der Waals surface area contributed by atoms with E-state index in [4.69, 9.17) is 22.3 Å². The molecule has 0 amide bonds. The summed E-state index contributed by atoms with van der Waals surface area (Å²) in [5, 5.41) is 7.78. The smallest absolute Gasteiger partial charge is 0.223 e. The average Bonchev–Trinajstić information content (AvgIpc) is 3.48. The summed E-state index contributed by atoms with van der Waals surface area (Å²) >= 11 is 6.51. The van der Waals surface area contributed by atoms with E-state index in [1.54, 1.807) is 6.20 Å². The van der Waals surface area contributed by atoms with E-state index >= 15 is 0 Å². The Morgan fingerprint density at radius 1 is 1.17 bits per heavy atom. The molecule has 2 aromatic rings. The number of aryl methyl sites for hydroxylation is 1. The molecule has 29 heavy (non-hydrogen) atoms. The van der Waals surface area contributed by atoms with E-state index in [1.807, 2.05) is 0 Å². The summed E-state index contributed by atoms with van der Waals surface area (Å²) in [6.45, 7) is 1.77. The van der Waals surface area contributed by atoms with Crippen molar-refractivity contribution in [3.8, 4) is 11.3 Å². The number of aromatic nitrogens is 3. The van der Waals surface area contributed by atoms with Gasteiger partial charge in [0.25, 0.3) is 0 Å². The lowest BCUT2D eigenvalue weighted by molar-refractivity contribution is 0.353. The summed E-state index contributed by atoms with van der Waals surface area (Å²) in [5.41, 5.74) is 8.89. The van der Waals surface area contributed by atoms with Gasteiger partial charge in [0.1, 0.15) is 0 Å². The standard InChI is InChI=1S/C22H33ClN6/c1-29-12-9-18(20(29)13-15-3-4-15)21-19(23)14-26-22(28-21)27-17-7-5-16(6-8-17)25-11-2-10-24/h9,12,14-17,25H,2-8,10-11,13,24H2,1H3,(H,26,27,28). The van der Waals surface area contributed by atoms with Crippen LogP contribution in [0.5, 0.6) is 0 Å². The lowest BCUT2D eigenvalue weighted by atomic mass is 9.91. The summed E-state index contributed by atoms with van der Waals surface area (Å²) in [5.74, 6) is 1.50. The molecule has 0 atom stereocenters. The van der Waals surface area contributed by atoms with Gasteiger partial charge in [-0.05, 0) is 76.4 Å². The third-order valence-electron chi connectivity index (χ3n) is 6.25. The fourth-order valence-corrected chi connectivity index (χ4v) is 4.48. The van der Waals surface area contributed by atoms with Crippen LogP contribution in [-0.2, 0) is 13.5 Å². The molecular weight excluding hydrogens is 384 g/mol. The average molecular weight is 417 g/mol. The van der Waals surface area contributed by atoms with Crippen molar-refractivity contribution in [2.75, 3.05) is 18.4 Å². The molecule has 2 aliphatic carbocycles. The van der Waals surface area contributed by atoms with Gasteiger partial charge in [-0.3, -0.25) is 0 Å². The molecule has 2 fully saturated rings. The highest BCUT2D eigenvalue weighted by Crippen LogP contribution is 2.37. The number of anilines is 1. The second-order valence-electron chi connectivity index (χ2n) is 8.61. The first-order valence-corrected chi connectivity index (χ1v) is 11.4. The highest BCUT2D eigenvalue weighted by atomic mass is 35.5. The van der Waals surface area contributed by atoms with E-state index < -0.39 is 0 Å². The Labute approximate surface area is 178 Å². The Kier molecular flexibility index (Phi) is 6.73. The second kappa shape index (κ2) is 9.45. The summed E-state index contributed by atoms with van der Waals surface area (Å²) in [4.78, 5) is 9.28. The minimum atomic E-state index is 0.415. The van der Waals surface area contributed by atoms with Crippen molar-refractivity contribution >= 4 is 17.5 Å². The van der Waals surface area contributed by atoms with Crippen LogP contribution in [0.4, 0.5) is 5.95 Å². The maximum Gasteiger partial charge on any atom is 0.223 e. The summed E-state index contributed by atoms with van der Waals surface area (Å²) in [7, 11) is 2.11. The van der Waals surface area contributed by atoms with Gasteiger partial charge in [0.05, 0.1) is 16.9 Å². The number of rotatable bonds is 9. The minimum Gasteiger partial charge on any atom is -0.354 e. The molecule has 6 nitrogen and oxygen atoms in total.